The second-order valence-electron chi connectivity index (χ2n) is 5.76. The number of carbonyl (C=O) groups excluding carboxylic acids is 1. The van der Waals surface area contributed by atoms with E-state index in [9.17, 15) is 4.79 Å². The summed E-state index contributed by atoms with van der Waals surface area (Å²) in [4.78, 5) is 22.9. The third-order valence-electron chi connectivity index (χ3n) is 3.22. The van der Waals surface area contributed by atoms with E-state index in [1.165, 1.54) is 0 Å². The quantitative estimate of drug-likeness (QED) is 0.648. The van der Waals surface area contributed by atoms with Crippen molar-refractivity contribution >= 4 is 11.9 Å². The number of nitrogens with one attached hydrogen (secondary N) is 2. The highest BCUT2D eigenvalue weighted by Crippen LogP contribution is 2.05. The maximum absolute atomic E-state index is 12.1. The number of anilines is 1. The fourth-order valence-corrected chi connectivity index (χ4v) is 2.03. The number of rotatable bonds is 10. The average molecular weight is 307 g/mol. The SMILES string of the molecule is CCCCCNC(=O)c1cc(C)nc(NCCCN(C)C)n1. The minimum Gasteiger partial charge on any atom is -0.354 e. The molecule has 0 unspecified atom stereocenters. The minimum atomic E-state index is -0.127. The van der Waals surface area contributed by atoms with Gasteiger partial charge in [0.25, 0.3) is 5.91 Å². The normalized spacial score (nSPS) is 10.8. The lowest BCUT2D eigenvalue weighted by molar-refractivity contribution is 0.0948. The Morgan fingerprint density at radius 3 is 2.64 bits per heavy atom. The zero-order valence-corrected chi connectivity index (χ0v) is 14.3. The van der Waals surface area contributed by atoms with Crippen molar-refractivity contribution in [2.45, 2.75) is 39.5 Å². The van der Waals surface area contributed by atoms with E-state index in [1.807, 2.05) is 21.0 Å². The summed E-state index contributed by atoms with van der Waals surface area (Å²) in [6, 6.07) is 1.72. The largest absolute Gasteiger partial charge is 0.354 e. The summed E-state index contributed by atoms with van der Waals surface area (Å²) in [5.41, 5.74) is 1.22. The molecule has 22 heavy (non-hydrogen) atoms. The number of unbranched alkanes of at least 4 members (excludes halogenated alkanes) is 2. The molecule has 1 aromatic rings. The van der Waals surface area contributed by atoms with Crippen molar-refractivity contribution in [3.63, 3.8) is 0 Å². The molecule has 2 N–H and O–H groups in total. The molecule has 0 aliphatic rings. The summed E-state index contributed by atoms with van der Waals surface area (Å²) in [7, 11) is 4.09. The van der Waals surface area contributed by atoms with Gasteiger partial charge in [-0.1, -0.05) is 19.8 Å². The molecule has 6 nitrogen and oxygen atoms in total. The number of carbonyl (C=O) groups is 1. The summed E-state index contributed by atoms with van der Waals surface area (Å²) >= 11 is 0. The Hall–Kier alpha value is -1.69. The lowest BCUT2D eigenvalue weighted by Crippen LogP contribution is -2.26. The van der Waals surface area contributed by atoms with Crippen molar-refractivity contribution < 1.29 is 4.79 Å². The topological polar surface area (TPSA) is 70.2 Å². The van der Waals surface area contributed by atoms with Gasteiger partial charge in [-0.25, -0.2) is 9.97 Å². The molecule has 0 fully saturated rings. The summed E-state index contributed by atoms with van der Waals surface area (Å²) in [5, 5.41) is 6.09. The fourth-order valence-electron chi connectivity index (χ4n) is 2.03. The molecule has 0 aliphatic carbocycles. The minimum absolute atomic E-state index is 0.127. The molecule has 0 saturated carbocycles. The van der Waals surface area contributed by atoms with E-state index in [0.29, 0.717) is 18.2 Å². The van der Waals surface area contributed by atoms with Crippen LogP contribution in [0.5, 0.6) is 0 Å². The van der Waals surface area contributed by atoms with Crippen molar-refractivity contribution in [2.24, 2.45) is 0 Å². The van der Waals surface area contributed by atoms with Gasteiger partial charge < -0.3 is 15.5 Å². The second kappa shape index (κ2) is 10.1. The van der Waals surface area contributed by atoms with Gasteiger partial charge in [0, 0.05) is 18.8 Å². The zero-order valence-electron chi connectivity index (χ0n) is 14.3. The molecule has 1 amide bonds. The average Bonchev–Trinajstić information content (AvgIpc) is 2.47. The molecule has 0 spiro atoms. The predicted octanol–water partition coefficient (Wildman–Crippen LogP) is 2.07. The molecular formula is C16H29N5O. The van der Waals surface area contributed by atoms with Crippen LogP contribution in [0, 0.1) is 6.92 Å². The molecule has 1 heterocycles. The van der Waals surface area contributed by atoms with Gasteiger partial charge in [0.1, 0.15) is 5.69 Å². The maximum atomic E-state index is 12.1. The third kappa shape index (κ3) is 7.36. The van der Waals surface area contributed by atoms with Gasteiger partial charge in [0.2, 0.25) is 5.95 Å². The molecule has 1 aromatic heterocycles. The van der Waals surface area contributed by atoms with Crippen LogP contribution in [0.3, 0.4) is 0 Å². The van der Waals surface area contributed by atoms with E-state index in [1.54, 1.807) is 6.07 Å². The molecule has 6 heteroatoms. The third-order valence-corrected chi connectivity index (χ3v) is 3.22. The first-order valence-electron chi connectivity index (χ1n) is 8.05. The Labute approximate surface area is 133 Å². The molecule has 0 aromatic carbocycles. The van der Waals surface area contributed by atoms with Crippen molar-refractivity contribution in [3.8, 4) is 0 Å². The van der Waals surface area contributed by atoms with E-state index in [0.717, 1.165) is 44.5 Å². The van der Waals surface area contributed by atoms with Gasteiger partial charge in [0.15, 0.2) is 0 Å². The van der Waals surface area contributed by atoms with E-state index in [2.05, 4.69) is 32.4 Å². The van der Waals surface area contributed by atoms with Crippen LogP contribution in [0.2, 0.25) is 0 Å². The fraction of sp³-hybridized carbons (Fsp3) is 0.688. The van der Waals surface area contributed by atoms with Gasteiger partial charge in [0.05, 0.1) is 0 Å². The number of hydrogen-bond donors (Lipinski definition) is 2. The highest BCUT2D eigenvalue weighted by atomic mass is 16.1. The number of nitrogens with zero attached hydrogens (tertiary/aromatic N) is 3. The first-order chi connectivity index (χ1) is 10.5. The van der Waals surface area contributed by atoms with Crippen molar-refractivity contribution in [2.75, 3.05) is 39.0 Å². The Morgan fingerprint density at radius 2 is 1.95 bits per heavy atom. The maximum Gasteiger partial charge on any atom is 0.270 e. The lowest BCUT2D eigenvalue weighted by atomic mass is 10.2. The molecular weight excluding hydrogens is 278 g/mol. The molecule has 0 aliphatic heterocycles. The summed E-state index contributed by atoms with van der Waals surface area (Å²) in [6.07, 6.45) is 4.27. The van der Waals surface area contributed by atoms with Crippen LogP contribution >= 0.6 is 0 Å². The van der Waals surface area contributed by atoms with E-state index < -0.39 is 0 Å². The van der Waals surface area contributed by atoms with Crippen LogP contribution in [0.25, 0.3) is 0 Å². The Kier molecular flexibility index (Phi) is 8.43. The van der Waals surface area contributed by atoms with Crippen LogP contribution in [-0.2, 0) is 0 Å². The summed E-state index contributed by atoms with van der Waals surface area (Å²) < 4.78 is 0. The molecule has 124 valence electrons. The number of aryl methyl sites for hydroxylation is 1. The molecule has 0 radical (unpaired) electrons. The van der Waals surface area contributed by atoms with E-state index in [-0.39, 0.29) is 5.91 Å². The lowest BCUT2D eigenvalue weighted by Gasteiger charge is -2.11. The first-order valence-corrected chi connectivity index (χ1v) is 8.05. The molecule has 0 bridgehead atoms. The van der Waals surface area contributed by atoms with Crippen molar-refractivity contribution in [1.29, 1.82) is 0 Å². The Morgan fingerprint density at radius 1 is 1.18 bits per heavy atom. The number of amides is 1. The van der Waals surface area contributed by atoms with Crippen LogP contribution in [-0.4, -0.2) is 54.5 Å². The Balaban J connectivity index is 2.51. The zero-order chi connectivity index (χ0) is 16.4. The smallest absolute Gasteiger partial charge is 0.270 e. The number of hydrogen-bond acceptors (Lipinski definition) is 5. The monoisotopic (exact) mass is 307 g/mol. The van der Waals surface area contributed by atoms with Gasteiger partial charge in [-0.05, 0) is 46.5 Å². The molecule has 0 saturated heterocycles. The van der Waals surface area contributed by atoms with Crippen LogP contribution < -0.4 is 10.6 Å². The highest BCUT2D eigenvalue weighted by molar-refractivity contribution is 5.92. The number of aromatic nitrogens is 2. The second-order valence-corrected chi connectivity index (χ2v) is 5.76. The molecule has 1 rings (SSSR count). The predicted molar refractivity (Wildman–Crippen MR) is 90.3 cm³/mol. The van der Waals surface area contributed by atoms with Crippen molar-refractivity contribution in [3.05, 3.63) is 17.5 Å². The van der Waals surface area contributed by atoms with Crippen LogP contribution in [0.15, 0.2) is 6.07 Å². The van der Waals surface area contributed by atoms with Gasteiger partial charge in [-0.15, -0.1) is 0 Å². The summed E-state index contributed by atoms with van der Waals surface area (Å²) in [6.45, 7) is 6.51. The van der Waals surface area contributed by atoms with Crippen LogP contribution in [0.1, 0.15) is 48.8 Å². The van der Waals surface area contributed by atoms with Gasteiger partial charge in [-0.3, -0.25) is 4.79 Å². The Bertz CT molecular complexity index is 462. The molecule has 0 atom stereocenters. The highest BCUT2D eigenvalue weighted by Gasteiger charge is 2.09. The van der Waals surface area contributed by atoms with E-state index in [4.69, 9.17) is 0 Å². The van der Waals surface area contributed by atoms with Gasteiger partial charge in [-0.2, -0.15) is 0 Å². The standard InChI is InChI=1S/C16H29N5O/c1-5-6-7-9-17-15(22)14-12-13(2)19-16(20-14)18-10-8-11-21(3)4/h12H,5-11H2,1-4H3,(H,17,22)(H,18,19,20). The van der Waals surface area contributed by atoms with E-state index >= 15 is 0 Å². The summed E-state index contributed by atoms with van der Waals surface area (Å²) in [5.74, 6) is 0.399. The van der Waals surface area contributed by atoms with Crippen molar-refractivity contribution in [1.82, 2.24) is 20.2 Å². The van der Waals surface area contributed by atoms with Crippen LogP contribution in [0.4, 0.5) is 5.95 Å². The first kappa shape index (κ1) is 18.4. The van der Waals surface area contributed by atoms with Gasteiger partial charge >= 0.3 is 0 Å².